The number of rotatable bonds is 4. The van der Waals surface area contributed by atoms with Gasteiger partial charge in [-0.15, -0.1) is 11.6 Å². The average molecular weight is 177 g/mol. The van der Waals surface area contributed by atoms with Crippen LogP contribution in [0.2, 0.25) is 0 Å². The molecule has 2 heteroatoms. The summed E-state index contributed by atoms with van der Waals surface area (Å²) in [4.78, 5) is -0.296. The first-order valence-corrected chi connectivity index (χ1v) is 4.16. The normalized spacial score (nSPS) is 14.6. The van der Waals surface area contributed by atoms with Gasteiger partial charge < -0.3 is 4.74 Å². The zero-order chi connectivity index (χ0) is 9.07. The summed E-state index contributed by atoms with van der Waals surface area (Å²) >= 11 is 6.01. The van der Waals surface area contributed by atoms with Crippen LogP contribution in [-0.2, 0) is 4.74 Å². The highest BCUT2D eigenvalue weighted by Crippen LogP contribution is 2.20. The minimum absolute atomic E-state index is 0.0564. The van der Waals surface area contributed by atoms with Gasteiger partial charge in [0.05, 0.1) is 17.6 Å². The second kappa shape index (κ2) is 4.13. The molecule has 0 aromatic rings. The van der Waals surface area contributed by atoms with Gasteiger partial charge in [0, 0.05) is 0 Å². The molecule has 0 aliphatic heterocycles. The molecule has 0 amide bonds. The van der Waals surface area contributed by atoms with Crippen molar-refractivity contribution in [3.05, 3.63) is 12.2 Å². The minimum Gasteiger partial charge on any atom is -0.372 e. The lowest BCUT2D eigenvalue weighted by molar-refractivity contribution is 0.0602. The lowest BCUT2D eigenvalue weighted by Crippen LogP contribution is -2.30. The fourth-order valence-electron chi connectivity index (χ4n) is 0.465. The van der Waals surface area contributed by atoms with Crippen LogP contribution in [-0.4, -0.2) is 17.6 Å². The Labute approximate surface area is 74.4 Å². The maximum Gasteiger partial charge on any atom is 0.0737 e. The van der Waals surface area contributed by atoms with Gasteiger partial charge >= 0.3 is 0 Å². The van der Waals surface area contributed by atoms with E-state index in [4.69, 9.17) is 16.3 Å². The highest BCUT2D eigenvalue weighted by atomic mass is 35.5. The Bertz CT molecular complexity index is 135. The first-order valence-electron chi connectivity index (χ1n) is 3.79. The summed E-state index contributed by atoms with van der Waals surface area (Å²) in [5.74, 6) is 0. The Hall–Kier alpha value is -0.0100. The quantitative estimate of drug-likeness (QED) is 0.473. The average Bonchev–Trinajstić information content (AvgIpc) is 1.80. The van der Waals surface area contributed by atoms with Crippen LogP contribution in [0.5, 0.6) is 0 Å². The molecule has 0 saturated heterocycles. The molecule has 0 N–H and O–H groups in total. The molecule has 0 aliphatic rings. The Morgan fingerprint density at radius 2 is 2.09 bits per heavy atom. The third-order valence-electron chi connectivity index (χ3n) is 1.55. The van der Waals surface area contributed by atoms with E-state index in [0.717, 1.165) is 5.57 Å². The van der Waals surface area contributed by atoms with Crippen LogP contribution in [0, 0.1) is 0 Å². The Morgan fingerprint density at radius 1 is 1.64 bits per heavy atom. The number of hydrogen-bond donors (Lipinski definition) is 0. The van der Waals surface area contributed by atoms with Crippen molar-refractivity contribution in [3.8, 4) is 0 Å². The summed E-state index contributed by atoms with van der Waals surface area (Å²) in [6, 6.07) is 0. The smallest absolute Gasteiger partial charge is 0.0737 e. The number of ether oxygens (including phenoxy) is 1. The molecule has 0 aromatic heterocycles. The molecule has 0 rings (SSSR count). The van der Waals surface area contributed by atoms with Crippen molar-refractivity contribution in [2.24, 2.45) is 0 Å². The highest BCUT2D eigenvalue weighted by Gasteiger charge is 2.22. The van der Waals surface area contributed by atoms with Crippen molar-refractivity contribution in [1.82, 2.24) is 0 Å². The molecule has 0 aromatic carbocycles. The standard InChI is InChI=1S/C9H17ClO/c1-7(2)6-11-8(3)9(4,5)10/h8H,1,6H2,2-5H3. The van der Waals surface area contributed by atoms with Gasteiger partial charge in [-0.25, -0.2) is 0 Å². The second-order valence-corrected chi connectivity index (χ2v) is 4.45. The lowest BCUT2D eigenvalue weighted by atomic mass is 10.1. The SMILES string of the molecule is C=C(C)COC(C)C(C)(C)Cl. The van der Waals surface area contributed by atoms with E-state index in [0.29, 0.717) is 6.61 Å². The molecule has 11 heavy (non-hydrogen) atoms. The van der Waals surface area contributed by atoms with Crippen molar-refractivity contribution in [2.75, 3.05) is 6.61 Å². The van der Waals surface area contributed by atoms with E-state index in [1.54, 1.807) is 0 Å². The molecular weight excluding hydrogens is 160 g/mol. The van der Waals surface area contributed by atoms with E-state index in [9.17, 15) is 0 Å². The molecule has 0 saturated carbocycles. The van der Waals surface area contributed by atoms with Crippen LogP contribution >= 0.6 is 11.6 Å². The van der Waals surface area contributed by atoms with Crippen molar-refractivity contribution in [3.63, 3.8) is 0 Å². The molecule has 0 spiro atoms. The summed E-state index contributed by atoms with van der Waals surface area (Å²) < 4.78 is 5.44. The fourth-order valence-corrected chi connectivity index (χ4v) is 0.528. The Morgan fingerprint density at radius 3 is 2.36 bits per heavy atom. The summed E-state index contributed by atoms with van der Waals surface area (Å²) in [5.41, 5.74) is 1.03. The Balaban J connectivity index is 3.70. The summed E-state index contributed by atoms with van der Waals surface area (Å²) in [6.45, 7) is 12.1. The zero-order valence-corrected chi connectivity index (χ0v) is 8.53. The summed E-state index contributed by atoms with van der Waals surface area (Å²) in [7, 11) is 0. The van der Waals surface area contributed by atoms with Gasteiger partial charge in [-0.3, -0.25) is 0 Å². The van der Waals surface area contributed by atoms with Crippen molar-refractivity contribution in [2.45, 2.75) is 38.7 Å². The molecule has 0 aliphatic carbocycles. The first kappa shape index (κ1) is 11.0. The van der Waals surface area contributed by atoms with Gasteiger partial charge in [-0.2, -0.15) is 0 Å². The van der Waals surface area contributed by atoms with Crippen molar-refractivity contribution >= 4 is 11.6 Å². The summed E-state index contributed by atoms with van der Waals surface area (Å²) in [5, 5.41) is 0. The lowest BCUT2D eigenvalue weighted by Gasteiger charge is -2.24. The maximum atomic E-state index is 6.01. The van der Waals surface area contributed by atoms with Crippen LogP contribution in [0.25, 0.3) is 0 Å². The molecule has 0 radical (unpaired) electrons. The summed E-state index contributed by atoms with van der Waals surface area (Å²) in [6.07, 6.45) is 0.0564. The van der Waals surface area contributed by atoms with Gasteiger partial charge in [-0.1, -0.05) is 12.2 Å². The number of halogens is 1. The fraction of sp³-hybridized carbons (Fsp3) is 0.778. The third-order valence-corrected chi connectivity index (χ3v) is 1.85. The predicted octanol–water partition coefficient (Wildman–Crippen LogP) is 2.99. The molecule has 66 valence electrons. The molecule has 0 fully saturated rings. The van der Waals surface area contributed by atoms with E-state index >= 15 is 0 Å². The highest BCUT2D eigenvalue weighted by molar-refractivity contribution is 6.23. The van der Waals surface area contributed by atoms with E-state index in [2.05, 4.69) is 6.58 Å². The van der Waals surface area contributed by atoms with Crippen molar-refractivity contribution < 1.29 is 4.74 Å². The molecule has 0 heterocycles. The largest absolute Gasteiger partial charge is 0.372 e. The monoisotopic (exact) mass is 176 g/mol. The molecular formula is C9H17ClO. The molecule has 1 atom stereocenters. The van der Waals surface area contributed by atoms with Crippen LogP contribution < -0.4 is 0 Å². The Kier molecular flexibility index (Phi) is 4.12. The van der Waals surface area contributed by atoms with Gasteiger partial charge in [0.15, 0.2) is 0 Å². The van der Waals surface area contributed by atoms with Gasteiger partial charge in [0.1, 0.15) is 0 Å². The number of hydrogen-bond acceptors (Lipinski definition) is 1. The molecule has 1 nitrogen and oxygen atoms in total. The van der Waals surface area contributed by atoms with E-state index in [-0.39, 0.29) is 11.0 Å². The third kappa shape index (κ3) is 5.28. The first-order chi connectivity index (χ1) is 4.84. The zero-order valence-electron chi connectivity index (χ0n) is 7.78. The van der Waals surface area contributed by atoms with Crippen LogP contribution in [0.4, 0.5) is 0 Å². The van der Waals surface area contributed by atoms with Crippen LogP contribution in [0.15, 0.2) is 12.2 Å². The van der Waals surface area contributed by atoms with E-state index in [1.165, 1.54) is 0 Å². The molecule has 0 bridgehead atoms. The predicted molar refractivity (Wildman–Crippen MR) is 50.2 cm³/mol. The topological polar surface area (TPSA) is 9.23 Å². The number of alkyl halides is 1. The van der Waals surface area contributed by atoms with Gasteiger partial charge in [-0.05, 0) is 27.7 Å². The minimum atomic E-state index is -0.296. The second-order valence-electron chi connectivity index (χ2n) is 3.47. The maximum absolute atomic E-state index is 6.01. The van der Waals surface area contributed by atoms with Gasteiger partial charge in [0.2, 0.25) is 0 Å². The van der Waals surface area contributed by atoms with Crippen LogP contribution in [0.3, 0.4) is 0 Å². The molecule has 1 unspecified atom stereocenters. The van der Waals surface area contributed by atoms with Crippen molar-refractivity contribution in [1.29, 1.82) is 0 Å². The van der Waals surface area contributed by atoms with Gasteiger partial charge in [0.25, 0.3) is 0 Å². The van der Waals surface area contributed by atoms with E-state index in [1.807, 2.05) is 27.7 Å². The van der Waals surface area contributed by atoms with Crippen LogP contribution in [0.1, 0.15) is 27.7 Å². The van der Waals surface area contributed by atoms with E-state index < -0.39 is 0 Å².